The van der Waals surface area contributed by atoms with Gasteiger partial charge in [0.25, 0.3) is 5.56 Å². The van der Waals surface area contributed by atoms with E-state index in [1.165, 1.54) is 4.57 Å². The quantitative estimate of drug-likeness (QED) is 0.789. The minimum Gasteiger partial charge on any atom is -0.506 e. The molecule has 0 aliphatic heterocycles. The van der Waals surface area contributed by atoms with Gasteiger partial charge in [0, 0.05) is 11.6 Å². The fraction of sp³-hybridized carbons (Fsp3) is 0.167. The molecular weight excluding hydrogens is 290 g/mol. The van der Waals surface area contributed by atoms with Gasteiger partial charge in [-0.2, -0.15) is 5.26 Å². The summed E-state index contributed by atoms with van der Waals surface area (Å²) in [6.07, 6.45) is 2.19. The number of pyridine rings is 2. The predicted octanol–water partition coefficient (Wildman–Crippen LogP) is 2.84. The van der Waals surface area contributed by atoms with Gasteiger partial charge in [0.2, 0.25) is 0 Å². The molecule has 1 fully saturated rings. The Hall–Kier alpha value is -3.13. The molecule has 5 heteroatoms. The molecule has 23 heavy (non-hydrogen) atoms. The predicted molar refractivity (Wildman–Crippen MR) is 85.7 cm³/mol. The maximum absolute atomic E-state index is 12.7. The minimum absolute atomic E-state index is 0.262. The average Bonchev–Trinajstić information content (AvgIpc) is 3.41. The first-order valence-corrected chi connectivity index (χ1v) is 7.45. The number of nitriles is 1. The van der Waals surface area contributed by atoms with Crippen LogP contribution in [0, 0.1) is 11.3 Å². The SMILES string of the molecule is N#Cc1c(O)c2ccc(C3CC3)nc2n(-c2ccccc2)c1=O. The fourth-order valence-electron chi connectivity index (χ4n) is 2.79. The van der Waals surface area contributed by atoms with Crippen molar-refractivity contribution in [1.82, 2.24) is 9.55 Å². The molecule has 2 heterocycles. The number of nitrogens with zero attached hydrogens (tertiary/aromatic N) is 3. The van der Waals surface area contributed by atoms with Crippen molar-refractivity contribution in [1.29, 1.82) is 5.26 Å². The van der Waals surface area contributed by atoms with E-state index in [-0.39, 0.29) is 11.3 Å². The average molecular weight is 303 g/mol. The lowest BCUT2D eigenvalue weighted by Crippen LogP contribution is -2.22. The topological polar surface area (TPSA) is 78.9 Å². The van der Waals surface area contributed by atoms with E-state index < -0.39 is 5.56 Å². The second-order valence-corrected chi connectivity index (χ2v) is 5.69. The third-order valence-electron chi connectivity index (χ3n) is 4.14. The van der Waals surface area contributed by atoms with Crippen molar-refractivity contribution in [3.8, 4) is 17.5 Å². The molecule has 1 aromatic carbocycles. The molecule has 5 nitrogen and oxygen atoms in total. The highest BCUT2D eigenvalue weighted by Crippen LogP contribution is 2.40. The van der Waals surface area contributed by atoms with Crippen LogP contribution < -0.4 is 5.56 Å². The first kappa shape index (κ1) is 13.5. The van der Waals surface area contributed by atoms with Crippen molar-refractivity contribution in [2.45, 2.75) is 18.8 Å². The van der Waals surface area contributed by atoms with Crippen LogP contribution in [-0.2, 0) is 0 Å². The Kier molecular flexibility index (Phi) is 2.91. The van der Waals surface area contributed by atoms with Crippen molar-refractivity contribution in [2.24, 2.45) is 0 Å². The molecule has 112 valence electrons. The van der Waals surface area contributed by atoms with E-state index in [1.54, 1.807) is 24.3 Å². The van der Waals surface area contributed by atoms with Crippen LogP contribution in [0.25, 0.3) is 16.7 Å². The van der Waals surface area contributed by atoms with Crippen molar-refractivity contribution >= 4 is 11.0 Å². The number of rotatable bonds is 2. The highest BCUT2D eigenvalue weighted by atomic mass is 16.3. The highest BCUT2D eigenvalue weighted by Gasteiger charge is 2.26. The van der Waals surface area contributed by atoms with Gasteiger partial charge >= 0.3 is 0 Å². The van der Waals surface area contributed by atoms with Gasteiger partial charge in [0.05, 0.1) is 11.1 Å². The van der Waals surface area contributed by atoms with E-state index in [1.807, 2.05) is 24.3 Å². The summed E-state index contributed by atoms with van der Waals surface area (Å²) in [5, 5.41) is 19.9. The van der Waals surface area contributed by atoms with Crippen LogP contribution in [0.15, 0.2) is 47.3 Å². The van der Waals surface area contributed by atoms with E-state index >= 15 is 0 Å². The van der Waals surface area contributed by atoms with Crippen LogP contribution in [0.3, 0.4) is 0 Å². The largest absolute Gasteiger partial charge is 0.506 e. The second kappa shape index (κ2) is 4.96. The second-order valence-electron chi connectivity index (χ2n) is 5.69. The Balaban J connectivity index is 2.15. The molecule has 0 unspecified atom stereocenters. The van der Waals surface area contributed by atoms with Crippen LogP contribution in [0.1, 0.15) is 30.0 Å². The summed E-state index contributed by atoms with van der Waals surface area (Å²) < 4.78 is 1.40. The van der Waals surface area contributed by atoms with Crippen molar-refractivity contribution in [3.63, 3.8) is 0 Å². The molecule has 2 aromatic heterocycles. The summed E-state index contributed by atoms with van der Waals surface area (Å²) in [4.78, 5) is 17.3. The third kappa shape index (κ3) is 2.08. The molecule has 1 aliphatic rings. The highest BCUT2D eigenvalue weighted by molar-refractivity contribution is 5.86. The lowest BCUT2D eigenvalue weighted by molar-refractivity contribution is 0.478. The van der Waals surface area contributed by atoms with Gasteiger partial charge in [-0.05, 0) is 37.1 Å². The maximum atomic E-state index is 12.7. The zero-order valence-electron chi connectivity index (χ0n) is 12.2. The standard InChI is InChI=1S/C18H13N3O2/c19-10-14-16(22)13-8-9-15(11-6-7-11)20-17(13)21(18(14)23)12-4-2-1-3-5-12/h1-5,8-9,11,22H,6-7H2. The fourth-order valence-corrected chi connectivity index (χ4v) is 2.79. The summed E-state index contributed by atoms with van der Waals surface area (Å²) in [6.45, 7) is 0. The first-order valence-electron chi connectivity index (χ1n) is 7.45. The molecule has 0 spiro atoms. The first-order chi connectivity index (χ1) is 11.2. The zero-order chi connectivity index (χ0) is 16.0. The zero-order valence-corrected chi connectivity index (χ0v) is 12.2. The molecule has 0 bridgehead atoms. The Morgan fingerprint density at radius 2 is 1.91 bits per heavy atom. The molecular formula is C18H13N3O2. The van der Waals surface area contributed by atoms with E-state index in [0.29, 0.717) is 22.6 Å². The van der Waals surface area contributed by atoms with Gasteiger partial charge in [0.15, 0.2) is 11.2 Å². The number of aromatic nitrogens is 2. The van der Waals surface area contributed by atoms with Gasteiger partial charge < -0.3 is 5.11 Å². The van der Waals surface area contributed by atoms with Crippen LogP contribution in [0.2, 0.25) is 0 Å². The summed E-state index contributed by atoms with van der Waals surface area (Å²) in [5.74, 6) is 0.131. The number of fused-ring (bicyclic) bond motifs is 1. The van der Waals surface area contributed by atoms with Crippen LogP contribution >= 0.6 is 0 Å². The molecule has 1 aliphatic carbocycles. The molecule has 4 rings (SSSR count). The van der Waals surface area contributed by atoms with Crippen LogP contribution in [-0.4, -0.2) is 14.7 Å². The lowest BCUT2D eigenvalue weighted by atomic mass is 10.1. The van der Waals surface area contributed by atoms with Crippen LogP contribution in [0.5, 0.6) is 5.75 Å². The van der Waals surface area contributed by atoms with E-state index in [9.17, 15) is 15.2 Å². The lowest BCUT2D eigenvalue weighted by Gasteiger charge is -2.13. The Morgan fingerprint density at radius 1 is 1.17 bits per heavy atom. The molecule has 1 saturated carbocycles. The maximum Gasteiger partial charge on any atom is 0.278 e. The summed E-state index contributed by atoms with van der Waals surface area (Å²) in [6, 6.07) is 14.5. The molecule has 1 N–H and O–H groups in total. The van der Waals surface area contributed by atoms with Crippen molar-refractivity contribution in [2.75, 3.05) is 0 Å². The summed E-state index contributed by atoms with van der Waals surface area (Å²) in [7, 11) is 0. The molecule has 0 amide bonds. The Labute approximate surface area is 132 Å². The monoisotopic (exact) mass is 303 g/mol. The van der Waals surface area contributed by atoms with Gasteiger partial charge in [0.1, 0.15) is 11.8 Å². The normalized spacial score (nSPS) is 13.9. The van der Waals surface area contributed by atoms with Gasteiger partial charge in [-0.3, -0.25) is 9.36 Å². The van der Waals surface area contributed by atoms with Crippen molar-refractivity contribution < 1.29 is 5.11 Å². The van der Waals surface area contributed by atoms with Gasteiger partial charge in [-0.15, -0.1) is 0 Å². The number of para-hydroxylation sites is 1. The molecule has 0 radical (unpaired) electrons. The van der Waals surface area contributed by atoms with E-state index in [2.05, 4.69) is 4.98 Å². The number of benzene rings is 1. The molecule has 0 atom stereocenters. The molecule has 0 saturated heterocycles. The van der Waals surface area contributed by atoms with E-state index in [0.717, 1.165) is 18.5 Å². The minimum atomic E-state index is -0.552. The Morgan fingerprint density at radius 3 is 2.57 bits per heavy atom. The number of aromatic hydroxyl groups is 1. The number of hydrogen-bond donors (Lipinski definition) is 1. The van der Waals surface area contributed by atoms with Gasteiger partial charge in [-0.1, -0.05) is 18.2 Å². The van der Waals surface area contributed by atoms with Crippen molar-refractivity contribution in [3.05, 3.63) is 64.1 Å². The van der Waals surface area contributed by atoms with E-state index in [4.69, 9.17) is 0 Å². The van der Waals surface area contributed by atoms with Gasteiger partial charge in [-0.25, -0.2) is 4.98 Å². The Bertz CT molecular complexity index is 1010. The number of hydrogen-bond acceptors (Lipinski definition) is 4. The summed E-state index contributed by atoms with van der Waals surface area (Å²) in [5.41, 5.74) is 1.12. The smallest absolute Gasteiger partial charge is 0.278 e. The third-order valence-corrected chi connectivity index (χ3v) is 4.14. The summed E-state index contributed by atoms with van der Waals surface area (Å²) >= 11 is 0. The molecule has 3 aromatic rings. The van der Waals surface area contributed by atoms with Crippen LogP contribution in [0.4, 0.5) is 0 Å².